The van der Waals surface area contributed by atoms with Gasteiger partial charge >= 0.3 is 0 Å². The molecule has 0 saturated carbocycles. The number of hydrogen-bond acceptors (Lipinski definition) is 2. The van der Waals surface area contributed by atoms with E-state index in [0.29, 0.717) is 19.6 Å². The van der Waals surface area contributed by atoms with Crippen molar-refractivity contribution in [3.63, 3.8) is 0 Å². The number of phenolic OH excluding ortho intramolecular Hbond substituents is 1. The van der Waals surface area contributed by atoms with Gasteiger partial charge in [0.2, 0.25) is 0 Å². The van der Waals surface area contributed by atoms with Gasteiger partial charge in [0, 0.05) is 12.1 Å². The first kappa shape index (κ1) is 12.2. The van der Waals surface area contributed by atoms with E-state index in [4.69, 9.17) is 12.8 Å². The predicted octanol–water partition coefficient (Wildman–Crippen LogP) is 1.77. The molecular weight excluding hydrogens is 198 g/mol. The maximum absolute atomic E-state index is 9.69. The van der Waals surface area contributed by atoms with E-state index in [2.05, 4.69) is 11.8 Å². The minimum absolute atomic E-state index is 0.282. The fourth-order valence-electron chi connectivity index (χ4n) is 1.51. The highest BCUT2D eigenvalue weighted by Gasteiger charge is 2.07. The highest BCUT2D eigenvalue weighted by molar-refractivity contribution is 5.35. The summed E-state index contributed by atoms with van der Waals surface area (Å²) in [5.74, 6) is 5.39. The number of aromatic hydroxyl groups is 1. The van der Waals surface area contributed by atoms with Crippen LogP contribution in [0.5, 0.6) is 5.75 Å². The summed E-state index contributed by atoms with van der Waals surface area (Å²) in [7, 11) is 0. The first-order valence-corrected chi connectivity index (χ1v) is 5.05. The van der Waals surface area contributed by atoms with Crippen LogP contribution >= 0.6 is 0 Å². The Morgan fingerprint density at radius 3 is 2.44 bits per heavy atom. The molecule has 82 valence electrons. The number of hydrogen-bond donors (Lipinski definition) is 1. The molecule has 1 N–H and O–H groups in total. The molecule has 16 heavy (non-hydrogen) atoms. The van der Waals surface area contributed by atoms with E-state index in [1.165, 1.54) is 0 Å². The molecule has 0 aliphatic rings. The average Bonchev–Trinajstić information content (AvgIpc) is 2.24. The lowest BCUT2D eigenvalue weighted by atomic mass is 10.1. The average molecular weight is 213 g/mol. The minimum Gasteiger partial charge on any atom is -0.508 e. The van der Waals surface area contributed by atoms with E-state index in [9.17, 15) is 5.11 Å². The number of rotatable bonds is 4. The second-order valence-corrected chi connectivity index (χ2v) is 3.69. The third-order valence-electron chi connectivity index (χ3n) is 2.26. The molecule has 2 heteroatoms. The molecule has 2 nitrogen and oxygen atoms in total. The van der Waals surface area contributed by atoms with Crippen molar-refractivity contribution in [1.29, 1.82) is 0 Å². The first-order valence-electron chi connectivity index (χ1n) is 5.05. The van der Waals surface area contributed by atoms with Crippen LogP contribution in [0, 0.1) is 31.6 Å². The molecule has 0 amide bonds. The lowest BCUT2D eigenvalue weighted by molar-refractivity contribution is 0.330. The summed E-state index contributed by atoms with van der Waals surface area (Å²) in [6.45, 7) is 3.52. The zero-order chi connectivity index (χ0) is 12.0. The van der Waals surface area contributed by atoms with Crippen molar-refractivity contribution in [3.8, 4) is 30.4 Å². The van der Waals surface area contributed by atoms with Crippen molar-refractivity contribution < 1.29 is 5.11 Å². The van der Waals surface area contributed by atoms with Crippen molar-refractivity contribution in [2.45, 2.75) is 13.5 Å². The third kappa shape index (κ3) is 3.35. The Bertz CT molecular complexity index is 421. The fraction of sp³-hybridized carbons (Fsp3) is 0.286. The Hall–Kier alpha value is -1.90. The standard InChI is InChI=1S/C14H15NO/c1-4-8-15(9-5-2)11-13-10-12(3)6-7-14(13)16/h1-2,6-7,10,16H,8-9,11H2,3H3. The van der Waals surface area contributed by atoms with Crippen LogP contribution in [-0.2, 0) is 6.54 Å². The van der Waals surface area contributed by atoms with Gasteiger partial charge in [0.05, 0.1) is 13.1 Å². The molecular formula is C14H15NO. The maximum Gasteiger partial charge on any atom is 0.120 e. The molecule has 0 spiro atoms. The Kier molecular flexibility index (Phi) is 4.45. The van der Waals surface area contributed by atoms with E-state index in [1.54, 1.807) is 6.07 Å². The molecule has 1 aromatic rings. The zero-order valence-corrected chi connectivity index (χ0v) is 9.40. The summed E-state index contributed by atoms with van der Waals surface area (Å²) >= 11 is 0. The van der Waals surface area contributed by atoms with Gasteiger partial charge in [-0.3, -0.25) is 4.90 Å². The molecule has 0 fully saturated rings. The van der Waals surface area contributed by atoms with Crippen LogP contribution in [0.25, 0.3) is 0 Å². The lowest BCUT2D eigenvalue weighted by Gasteiger charge is -2.17. The second kappa shape index (κ2) is 5.85. The Balaban J connectivity index is 2.81. The largest absolute Gasteiger partial charge is 0.508 e. The molecule has 1 aromatic carbocycles. The van der Waals surface area contributed by atoms with E-state index in [0.717, 1.165) is 11.1 Å². The summed E-state index contributed by atoms with van der Waals surface area (Å²) in [5.41, 5.74) is 1.96. The Labute approximate surface area is 96.9 Å². The first-order chi connectivity index (χ1) is 7.67. The summed E-state index contributed by atoms with van der Waals surface area (Å²) in [6.07, 6.45) is 10.5. The van der Waals surface area contributed by atoms with Crippen LogP contribution in [0.1, 0.15) is 11.1 Å². The van der Waals surface area contributed by atoms with Gasteiger partial charge in [-0.1, -0.05) is 29.5 Å². The molecule has 0 radical (unpaired) electrons. The molecule has 0 bridgehead atoms. The monoisotopic (exact) mass is 213 g/mol. The van der Waals surface area contributed by atoms with Crippen molar-refractivity contribution >= 4 is 0 Å². The molecule has 0 unspecified atom stereocenters. The molecule has 0 aliphatic carbocycles. The number of aryl methyl sites for hydroxylation is 1. The zero-order valence-electron chi connectivity index (χ0n) is 9.40. The summed E-state index contributed by atoms with van der Waals surface area (Å²) in [6, 6.07) is 5.50. The molecule has 0 atom stereocenters. The summed E-state index contributed by atoms with van der Waals surface area (Å²) < 4.78 is 0. The molecule has 1 rings (SSSR count). The smallest absolute Gasteiger partial charge is 0.120 e. The van der Waals surface area contributed by atoms with Gasteiger partial charge in [-0.25, -0.2) is 0 Å². The van der Waals surface area contributed by atoms with E-state index in [1.807, 2.05) is 24.0 Å². The van der Waals surface area contributed by atoms with Gasteiger partial charge in [-0.2, -0.15) is 0 Å². The van der Waals surface area contributed by atoms with Crippen LogP contribution in [0.2, 0.25) is 0 Å². The van der Waals surface area contributed by atoms with Gasteiger partial charge in [-0.15, -0.1) is 12.8 Å². The summed E-state index contributed by atoms with van der Waals surface area (Å²) in [5, 5.41) is 9.69. The second-order valence-electron chi connectivity index (χ2n) is 3.69. The van der Waals surface area contributed by atoms with Gasteiger partial charge < -0.3 is 5.11 Å². The molecule has 0 aliphatic heterocycles. The normalized spacial score (nSPS) is 9.75. The van der Waals surface area contributed by atoms with Crippen LogP contribution in [0.15, 0.2) is 18.2 Å². The highest BCUT2D eigenvalue weighted by Crippen LogP contribution is 2.19. The number of nitrogens with zero attached hydrogens (tertiary/aromatic N) is 1. The van der Waals surface area contributed by atoms with E-state index < -0.39 is 0 Å². The maximum atomic E-state index is 9.69. The van der Waals surface area contributed by atoms with Gasteiger partial charge in [0.25, 0.3) is 0 Å². The Morgan fingerprint density at radius 2 is 1.88 bits per heavy atom. The van der Waals surface area contributed by atoms with Crippen molar-refractivity contribution in [2.24, 2.45) is 0 Å². The topological polar surface area (TPSA) is 23.5 Å². The minimum atomic E-state index is 0.282. The fourth-order valence-corrected chi connectivity index (χ4v) is 1.51. The number of terminal acetylenes is 2. The number of benzene rings is 1. The van der Waals surface area contributed by atoms with Crippen molar-refractivity contribution in [1.82, 2.24) is 4.90 Å². The van der Waals surface area contributed by atoms with Gasteiger partial charge in [-0.05, 0) is 13.0 Å². The molecule has 0 heterocycles. The SMILES string of the molecule is C#CCN(CC#C)Cc1cc(C)ccc1O. The highest BCUT2D eigenvalue weighted by atomic mass is 16.3. The van der Waals surface area contributed by atoms with Crippen molar-refractivity contribution in [2.75, 3.05) is 13.1 Å². The van der Waals surface area contributed by atoms with Crippen molar-refractivity contribution in [3.05, 3.63) is 29.3 Å². The van der Waals surface area contributed by atoms with Gasteiger partial charge in [0.15, 0.2) is 0 Å². The lowest BCUT2D eigenvalue weighted by Crippen LogP contribution is -2.23. The Morgan fingerprint density at radius 1 is 1.25 bits per heavy atom. The molecule has 0 saturated heterocycles. The van der Waals surface area contributed by atoms with Gasteiger partial charge in [0.1, 0.15) is 5.75 Å². The summed E-state index contributed by atoms with van der Waals surface area (Å²) in [4.78, 5) is 1.93. The van der Waals surface area contributed by atoms with E-state index in [-0.39, 0.29) is 5.75 Å². The number of phenols is 1. The third-order valence-corrected chi connectivity index (χ3v) is 2.26. The molecule has 0 aromatic heterocycles. The van der Waals surface area contributed by atoms with Crippen LogP contribution in [0.4, 0.5) is 0 Å². The predicted molar refractivity (Wildman–Crippen MR) is 65.8 cm³/mol. The van der Waals surface area contributed by atoms with Crippen LogP contribution < -0.4 is 0 Å². The quantitative estimate of drug-likeness (QED) is 0.770. The van der Waals surface area contributed by atoms with Crippen LogP contribution in [0.3, 0.4) is 0 Å². The van der Waals surface area contributed by atoms with E-state index >= 15 is 0 Å². The van der Waals surface area contributed by atoms with Crippen LogP contribution in [-0.4, -0.2) is 23.1 Å².